The molecule has 0 aliphatic heterocycles. The Morgan fingerprint density at radius 1 is 1.23 bits per heavy atom. The largest absolute Gasteiger partial charge is 0.377 e. The van der Waals surface area contributed by atoms with Crippen molar-refractivity contribution in [3.05, 3.63) is 58.7 Å². The topological polar surface area (TPSA) is 67.8 Å². The summed E-state index contributed by atoms with van der Waals surface area (Å²) in [7, 11) is 3.90. The zero-order valence-electron chi connectivity index (χ0n) is 19.2. The number of H-pyrrole nitrogens is 1. The van der Waals surface area contributed by atoms with Gasteiger partial charge >= 0.3 is 0 Å². The van der Waals surface area contributed by atoms with Crippen LogP contribution in [0.5, 0.6) is 0 Å². The molecule has 0 spiro atoms. The van der Waals surface area contributed by atoms with Crippen molar-refractivity contribution in [2.75, 3.05) is 20.2 Å². The number of nitrogens with zero attached hydrogens (tertiary/aromatic N) is 3. The lowest BCUT2D eigenvalue weighted by Crippen LogP contribution is -2.32. The van der Waals surface area contributed by atoms with Crippen LogP contribution in [0.15, 0.2) is 30.5 Å². The van der Waals surface area contributed by atoms with E-state index >= 15 is 0 Å². The summed E-state index contributed by atoms with van der Waals surface area (Å²) in [5.74, 6) is 0.174. The molecule has 0 amide bonds. The number of rotatable bonds is 8. The van der Waals surface area contributed by atoms with Crippen molar-refractivity contribution in [1.29, 1.82) is 0 Å². The lowest BCUT2D eigenvalue weighted by molar-refractivity contribution is -0.00728. The number of alkyl halides is 1. The van der Waals surface area contributed by atoms with Gasteiger partial charge in [-0.2, -0.15) is 10.2 Å². The standard InChI is InChI=1S/C24H36FN5O/c1-17-22(18(2)30(4)29-17)12-15-31-24-16-20(25)8-10-23(24)19-6-5-13-27-28-21(9-7-19)11-14-26-3/h5-7,9,13,20,23-24,26,28H,8,10-12,14-16H2,1-4H3/t20?,23?,24-/m0/s1. The number of nitrogens with one attached hydrogen (secondary N) is 2. The average Bonchev–Trinajstić information content (AvgIpc) is 3.05. The van der Waals surface area contributed by atoms with Crippen molar-refractivity contribution in [3.63, 3.8) is 0 Å². The van der Waals surface area contributed by atoms with E-state index in [1.54, 1.807) is 6.20 Å². The van der Waals surface area contributed by atoms with Gasteiger partial charge in [0.25, 0.3) is 0 Å². The van der Waals surface area contributed by atoms with Crippen LogP contribution in [0.25, 0.3) is 0 Å². The Bertz CT molecular complexity index is 892. The van der Waals surface area contributed by atoms with Gasteiger partial charge in [-0.05, 0) is 63.4 Å². The number of hydrogen-bond donors (Lipinski definition) is 2. The molecule has 170 valence electrons. The monoisotopic (exact) mass is 429 g/mol. The van der Waals surface area contributed by atoms with Gasteiger partial charge in [-0.1, -0.05) is 12.1 Å². The smallest absolute Gasteiger partial charge is 0.103 e. The SMILES string of the molecule is CNCCc1ccc(C2CCC(F)C[C@@H]2OCCc2c(C)nn(C)c2C)cccn[nH]1. The molecule has 3 rings (SSSR count). The molecule has 1 saturated carbocycles. The Hall–Kier alpha value is -2.25. The first-order valence-electron chi connectivity index (χ1n) is 11.3. The highest BCUT2D eigenvalue weighted by atomic mass is 19.1. The third kappa shape index (κ3) is 6.37. The van der Waals surface area contributed by atoms with Crippen LogP contribution in [0.1, 0.15) is 53.4 Å². The molecule has 1 aliphatic rings. The highest BCUT2D eigenvalue weighted by Gasteiger charge is 2.32. The minimum absolute atomic E-state index is 0.128. The van der Waals surface area contributed by atoms with E-state index < -0.39 is 6.17 Å². The lowest BCUT2D eigenvalue weighted by Gasteiger charge is -2.33. The predicted molar refractivity (Wildman–Crippen MR) is 121 cm³/mol. The highest BCUT2D eigenvalue weighted by Crippen LogP contribution is 2.36. The van der Waals surface area contributed by atoms with Crippen LogP contribution in [-0.2, 0) is 24.6 Å². The van der Waals surface area contributed by atoms with E-state index in [0.717, 1.165) is 42.9 Å². The number of aryl methyl sites for hydroxylation is 2. The molecule has 0 aromatic carbocycles. The molecule has 6 nitrogen and oxygen atoms in total. The molecular formula is C24H36FN5O. The van der Waals surface area contributed by atoms with E-state index in [-0.39, 0.29) is 12.0 Å². The van der Waals surface area contributed by atoms with Crippen molar-refractivity contribution >= 4 is 0 Å². The van der Waals surface area contributed by atoms with Crippen LogP contribution in [0.2, 0.25) is 0 Å². The summed E-state index contributed by atoms with van der Waals surface area (Å²) in [6.07, 6.45) is 4.31. The van der Waals surface area contributed by atoms with Crippen molar-refractivity contribution in [3.8, 4) is 0 Å². The summed E-state index contributed by atoms with van der Waals surface area (Å²) in [4.78, 5) is 0. The number of ether oxygens (including phenoxy) is 1. The summed E-state index contributed by atoms with van der Waals surface area (Å²) >= 11 is 0. The summed E-state index contributed by atoms with van der Waals surface area (Å²) < 4.78 is 22.5. The maximum Gasteiger partial charge on any atom is 0.103 e. The minimum atomic E-state index is -0.797. The third-order valence-electron chi connectivity index (χ3n) is 6.28. The molecular weight excluding hydrogens is 393 g/mol. The first kappa shape index (κ1) is 23.4. The summed E-state index contributed by atoms with van der Waals surface area (Å²) in [6, 6.07) is 8.24. The first-order valence-corrected chi connectivity index (χ1v) is 11.3. The van der Waals surface area contributed by atoms with Crippen molar-refractivity contribution in [1.82, 2.24) is 25.3 Å². The molecule has 0 bridgehead atoms. The number of hydrogen-bond acceptors (Lipinski definition) is 4. The van der Waals surface area contributed by atoms with E-state index in [0.29, 0.717) is 19.4 Å². The third-order valence-corrected chi connectivity index (χ3v) is 6.28. The first-order chi connectivity index (χ1) is 15.0. The predicted octanol–water partition coefficient (Wildman–Crippen LogP) is 3.88. The molecule has 1 aliphatic carbocycles. The number of likely N-dealkylation sites (N-methyl/N-ethyl adjacent to an activating group) is 1. The molecule has 0 saturated heterocycles. The lowest BCUT2D eigenvalue weighted by atomic mass is 9.81. The Morgan fingerprint density at radius 3 is 2.81 bits per heavy atom. The van der Waals surface area contributed by atoms with Crippen molar-refractivity contribution in [2.45, 2.75) is 64.1 Å². The fourth-order valence-electron chi connectivity index (χ4n) is 4.39. The number of halogens is 1. The van der Waals surface area contributed by atoms with Gasteiger partial charge in [0.15, 0.2) is 0 Å². The molecule has 2 heterocycles. The molecule has 31 heavy (non-hydrogen) atoms. The molecule has 2 unspecified atom stereocenters. The summed E-state index contributed by atoms with van der Waals surface area (Å²) in [5.41, 5.74) is 5.65. The van der Waals surface area contributed by atoms with Gasteiger partial charge in [0.05, 0.1) is 18.4 Å². The fourth-order valence-corrected chi connectivity index (χ4v) is 4.39. The molecule has 0 radical (unpaired) electrons. The van der Waals surface area contributed by atoms with Gasteiger partial charge < -0.3 is 10.1 Å². The second kappa shape index (κ2) is 11.4. The van der Waals surface area contributed by atoms with E-state index in [1.165, 1.54) is 11.1 Å². The minimum Gasteiger partial charge on any atom is -0.377 e. The van der Waals surface area contributed by atoms with Gasteiger partial charge in [-0.25, -0.2) is 4.39 Å². The molecule has 2 aromatic rings. The van der Waals surface area contributed by atoms with E-state index in [4.69, 9.17) is 4.74 Å². The van der Waals surface area contributed by atoms with Crippen LogP contribution >= 0.6 is 0 Å². The number of aromatic amines is 1. The molecule has 7 heteroatoms. The summed E-state index contributed by atoms with van der Waals surface area (Å²) in [5, 5.41) is 15.0. The van der Waals surface area contributed by atoms with E-state index in [2.05, 4.69) is 45.7 Å². The van der Waals surface area contributed by atoms with Crippen LogP contribution in [0.3, 0.4) is 0 Å². The van der Waals surface area contributed by atoms with Gasteiger partial charge in [0.2, 0.25) is 0 Å². The molecule has 2 N–H and O–H groups in total. The van der Waals surface area contributed by atoms with Gasteiger partial charge in [-0.15, -0.1) is 0 Å². The Balaban J connectivity index is 1.75. The molecule has 3 atom stereocenters. The molecule has 2 aromatic heterocycles. The normalized spacial score (nSPS) is 21.1. The van der Waals surface area contributed by atoms with Crippen LogP contribution in [-0.4, -0.2) is 52.5 Å². The van der Waals surface area contributed by atoms with E-state index in [9.17, 15) is 4.39 Å². The van der Waals surface area contributed by atoms with Crippen molar-refractivity contribution in [2.24, 2.45) is 7.05 Å². The summed E-state index contributed by atoms with van der Waals surface area (Å²) in [6.45, 7) is 5.56. The Labute approximate surface area is 184 Å². The zero-order valence-corrected chi connectivity index (χ0v) is 19.2. The second-order valence-electron chi connectivity index (χ2n) is 8.41. The fraction of sp³-hybridized carbons (Fsp3) is 0.583. The van der Waals surface area contributed by atoms with Crippen LogP contribution < -0.4 is 5.32 Å². The average molecular weight is 430 g/mol. The quantitative estimate of drug-likeness (QED) is 0.668. The van der Waals surface area contributed by atoms with Gasteiger partial charge in [0.1, 0.15) is 6.17 Å². The van der Waals surface area contributed by atoms with Gasteiger partial charge in [0, 0.05) is 49.9 Å². The maximum atomic E-state index is 14.3. The highest BCUT2D eigenvalue weighted by molar-refractivity contribution is 5.24. The maximum absolute atomic E-state index is 14.3. The molecule has 1 fully saturated rings. The Morgan fingerprint density at radius 2 is 2.06 bits per heavy atom. The van der Waals surface area contributed by atoms with Gasteiger partial charge in [-0.3, -0.25) is 9.78 Å². The zero-order chi connectivity index (χ0) is 22.2. The Kier molecular flexibility index (Phi) is 8.60. The van der Waals surface area contributed by atoms with Crippen LogP contribution in [0, 0.1) is 13.8 Å². The van der Waals surface area contributed by atoms with Crippen molar-refractivity contribution < 1.29 is 9.13 Å². The van der Waals surface area contributed by atoms with E-state index in [1.807, 2.05) is 31.8 Å². The second-order valence-corrected chi connectivity index (χ2v) is 8.41. The number of aromatic nitrogens is 4. The van der Waals surface area contributed by atoms with Crippen LogP contribution in [0.4, 0.5) is 4.39 Å².